The fraction of sp³-hybridized carbons (Fsp3) is 0. The summed E-state index contributed by atoms with van der Waals surface area (Å²) >= 11 is 4.22. The molecular formula is C24H18O2P2S2. The molecule has 5 rings (SSSR count). The minimum atomic E-state index is -0.200. The van der Waals surface area contributed by atoms with Gasteiger partial charge in [-0.1, -0.05) is 58.4 Å². The monoisotopic (exact) mass is 464 g/mol. The average molecular weight is 464 g/mol. The van der Waals surface area contributed by atoms with Crippen LogP contribution in [0.15, 0.2) is 109 Å². The van der Waals surface area contributed by atoms with Gasteiger partial charge in [0.15, 0.2) is 0 Å². The highest BCUT2D eigenvalue weighted by molar-refractivity contribution is 9.37. The van der Waals surface area contributed by atoms with Gasteiger partial charge in [-0.15, -0.1) is 0 Å². The Balaban J connectivity index is 1.16. The van der Waals surface area contributed by atoms with Crippen molar-refractivity contribution in [3.63, 3.8) is 0 Å². The molecule has 0 bridgehead atoms. The van der Waals surface area contributed by atoms with E-state index >= 15 is 0 Å². The molecule has 4 aromatic carbocycles. The summed E-state index contributed by atoms with van der Waals surface area (Å²) in [7, 11) is 0. The van der Waals surface area contributed by atoms with Crippen molar-refractivity contribution in [2.45, 2.75) is 0 Å². The van der Waals surface area contributed by atoms with Gasteiger partial charge in [0, 0.05) is 0 Å². The third kappa shape index (κ3) is 4.85. The SMILES string of the molecule is c1ccc(Oc2ccc(P3SP(c4ccc(Oc5ccccc5)cc4)S3)cc2)cc1. The predicted molar refractivity (Wildman–Crippen MR) is 134 cm³/mol. The molecule has 0 spiro atoms. The standard InChI is InChI=1S/C24H18O2P2S2/c1-3-7-19(8-4-1)25-21-11-15-23(16-12-21)27-29-28(30-27)24-17-13-22(14-18-24)26-20-9-5-2-6-10-20/h1-18H. The topological polar surface area (TPSA) is 18.5 Å². The Morgan fingerprint density at radius 1 is 0.400 bits per heavy atom. The first kappa shape index (κ1) is 20.0. The second-order valence-electron chi connectivity index (χ2n) is 6.50. The molecule has 0 atom stereocenters. The van der Waals surface area contributed by atoms with Crippen molar-refractivity contribution in [1.29, 1.82) is 0 Å². The van der Waals surface area contributed by atoms with Gasteiger partial charge in [0.2, 0.25) is 0 Å². The van der Waals surface area contributed by atoms with E-state index in [-0.39, 0.29) is 12.7 Å². The van der Waals surface area contributed by atoms with Gasteiger partial charge in [0.05, 0.1) is 12.7 Å². The number of hydrogen-bond donors (Lipinski definition) is 0. The Labute approximate surface area is 186 Å². The first-order valence-electron chi connectivity index (χ1n) is 9.46. The highest BCUT2D eigenvalue weighted by Crippen LogP contribution is 2.95. The first-order valence-corrected chi connectivity index (χ1v) is 16.2. The molecule has 1 saturated heterocycles. The van der Waals surface area contributed by atoms with Crippen LogP contribution >= 0.6 is 34.7 Å². The Kier molecular flexibility index (Phi) is 6.29. The van der Waals surface area contributed by atoms with Gasteiger partial charge in [-0.3, -0.25) is 0 Å². The van der Waals surface area contributed by atoms with E-state index in [1.54, 1.807) is 0 Å². The lowest BCUT2D eigenvalue weighted by atomic mass is 10.3. The molecule has 30 heavy (non-hydrogen) atoms. The summed E-state index contributed by atoms with van der Waals surface area (Å²) in [6.07, 6.45) is -0.399. The zero-order chi connectivity index (χ0) is 20.2. The zero-order valence-corrected chi connectivity index (χ0v) is 19.3. The van der Waals surface area contributed by atoms with E-state index in [4.69, 9.17) is 9.47 Å². The Morgan fingerprint density at radius 3 is 1.10 bits per heavy atom. The quantitative estimate of drug-likeness (QED) is 0.267. The van der Waals surface area contributed by atoms with Gasteiger partial charge in [-0.2, -0.15) is 0 Å². The third-order valence-corrected chi connectivity index (χ3v) is 23.2. The van der Waals surface area contributed by atoms with Crippen molar-refractivity contribution in [1.82, 2.24) is 0 Å². The molecule has 0 radical (unpaired) electrons. The number of para-hydroxylation sites is 2. The minimum absolute atomic E-state index is 0.200. The fourth-order valence-corrected chi connectivity index (χ4v) is 19.1. The van der Waals surface area contributed by atoms with Crippen LogP contribution in [0.2, 0.25) is 0 Å². The van der Waals surface area contributed by atoms with E-state index < -0.39 is 0 Å². The van der Waals surface area contributed by atoms with E-state index in [2.05, 4.69) is 70.5 Å². The van der Waals surface area contributed by atoms with Crippen molar-refractivity contribution in [3.8, 4) is 23.0 Å². The molecule has 2 nitrogen and oxygen atoms in total. The van der Waals surface area contributed by atoms with Crippen molar-refractivity contribution in [2.24, 2.45) is 0 Å². The Bertz CT molecular complexity index is 997. The maximum absolute atomic E-state index is 5.89. The summed E-state index contributed by atoms with van der Waals surface area (Å²) in [5, 5.41) is 2.81. The summed E-state index contributed by atoms with van der Waals surface area (Å²) in [6, 6.07) is 36.9. The largest absolute Gasteiger partial charge is 0.457 e. The van der Waals surface area contributed by atoms with E-state index in [0.29, 0.717) is 0 Å². The van der Waals surface area contributed by atoms with Gasteiger partial charge < -0.3 is 9.47 Å². The van der Waals surface area contributed by atoms with E-state index in [1.165, 1.54) is 10.6 Å². The molecule has 0 unspecified atom stereocenters. The van der Waals surface area contributed by atoms with Crippen LogP contribution in [0.5, 0.6) is 23.0 Å². The third-order valence-electron chi connectivity index (χ3n) is 4.35. The van der Waals surface area contributed by atoms with E-state index in [1.807, 2.05) is 60.7 Å². The van der Waals surface area contributed by atoms with Crippen LogP contribution in [0, 0.1) is 0 Å². The fourth-order valence-electron chi connectivity index (χ4n) is 2.85. The summed E-state index contributed by atoms with van der Waals surface area (Å²) in [4.78, 5) is 0. The average Bonchev–Trinajstić information content (AvgIpc) is 2.77. The number of ether oxygens (including phenoxy) is 2. The van der Waals surface area contributed by atoms with E-state index in [0.717, 1.165) is 23.0 Å². The van der Waals surface area contributed by atoms with Crippen LogP contribution in [0.3, 0.4) is 0 Å². The van der Waals surface area contributed by atoms with Crippen LogP contribution in [-0.4, -0.2) is 0 Å². The number of benzene rings is 4. The van der Waals surface area contributed by atoms with Crippen molar-refractivity contribution >= 4 is 45.3 Å². The second kappa shape index (κ2) is 9.45. The molecule has 0 saturated carbocycles. The lowest BCUT2D eigenvalue weighted by molar-refractivity contribution is 0.482. The zero-order valence-electron chi connectivity index (χ0n) is 15.9. The number of hydrogen-bond acceptors (Lipinski definition) is 4. The van der Waals surface area contributed by atoms with Gasteiger partial charge in [-0.05, 0) is 83.4 Å². The maximum atomic E-state index is 5.89. The summed E-state index contributed by atoms with van der Waals surface area (Å²) in [5.41, 5.74) is 0. The van der Waals surface area contributed by atoms with Gasteiger partial charge in [-0.25, -0.2) is 0 Å². The second-order valence-corrected chi connectivity index (χ2v) is 18.6. The van der Waals surface area contributed by atoms with Crippen molar-refractivity contribution in [2.75, 3.05) is 0 Å². The van der Waals surface area contributed by atoms with Crippen molar-refractivity contribution in [3.05, 3.63) is 109 Å². The predicted octanol–water partition coefficient (Wildman–Crippen LogP) is 8.33. The maximum Gasteiger partial charge on any atom is 0.127 e. The molecule has 1 fully saturated rings. The Morgan fingerprint density at radius 2 is 0.733 bits per heavy atom. The van der Waals surface area contributed by atoms with Crippen molar-refractivity contribution < 1.29 is 9.47 Å². The molecular weight excluding hydrogens is 446 g/mol. The highest BCUT2D eigenvalue weighted by Gasteiger charge is 2.34. The molecule has 1 aliphatic heterocycles. The van der Waals surface area contributed by atoms with Gasteiger partial charge in [0.1, 0.15) is 23.0 Å². The van der Waals surface area contributed by atoms with Gasteiger partial charge in [0.25, 0.3) is 0 Å². The Hall–Kier alpha value is -1.96. The van der Waals surface area contributed by atoms with Crippen LogP contribution in [0.1, 0.15) is 0 Å². The van der Waals surface area contributed by atoms with Gasteiger partial charge >= 0.3 is 0 Å². The van der Waals surface area contributed by atoms with Crippen LogP contribution in [0.25, 0.3) is 0 Å². The minimum Gasteiger partial charge on any atom is -0.457 e. The first-order chi connectivity index (χ1) is 14.8. The lowest BCUT2D eigenvalue weighted by Crippen LogP contribution is -2.03. The molecule has 0 N–H and O–H groups in total. The molecule has 0 aromatic heterocycles. The number of rotatable bonds is 6. The normalized spacial score (nSPS) is 17.7. The summed E-state index contributed by atoms with van der Waals surface area (Å²) in [5.74, 6) is 3.50. The molecule has 148 valence electrons. The summed E-state index contributed by atoms with van der Waals surface area (Å²) < 4.78 is 11.8. The van der Waals surface area contributed by atoms with Crippen LogP contribution < -0.4 is 20.1 Å². The molecule has 1 heterocycles. The molecule has 4 aromatic rings. The molecule has 1 aliphatic rings. The smallest absolute Gasteiger partial charge is 0.127 e. The summed E-state index contributed by atoms with van der Waals surface area (Å²) in [6.45, 7) is 0. The molecule has 0 amide bonds. The molecule has 0 aliphatic carbocycles. The highest BCUT2D eigenvalue weighted by atomic mass is 33.6. The van der Waals surface area contributed by atoms with Crippen LogP contribution in [0.4, 0.5) is 0 Å². The van der Waals surface area contributed by atoms with E-state index in [9.17, 15) is 0 Å². The lowest BCUT2D eigenvalue weighted by Gasteiger charge is -2.33. The van der Waals surface area contributed by atoms with Crippen LogP contribution in [-0.2, 0) is 0 Å². The molecule has 6 heteroatoms.